The van der Waals surface area contributed by atoms with E-state index in [2.05, 4.69) is 46.4 Å². The van der Waals surface area contributed by atoms with Crippen LogP contribution < -0.4 is 0 Å². The van der Waals surface area contributed by atoms with Gasteiger partial charge in [-0.1, -0.05) is 50.1 Å². The van der Waals surface area contributed by atoms with Crippen LogP contribution in [0.25, 0.3) is 0 Å². The minimum absolute atomic E-state index is 0.833. The number of allylic oxidation sites excluding steroid dienone is 5. The fourth-order valence-corrected chi connectivity index (χ4v) is 1.67. The normalized spacial score (nSPS) is 13.3. The van der Waals surface area contributed by atoms with Gasteiger partial charge in [-0.2, -0.15) is 0 Å². The summed E-state index contributed by atoms with van der Waals surface area (Å²) >= 11 is 0. The molecular weight excluding hydrogens is 192 g/mol. The summed E-state index contributed by atoms with van der Waals surface area (Å²) in [7, 11) is 0. The smallest absolute Gasteiger partial charge is 0.0201 e. The van der Waals surface area contributed by atoms with Crippen molar-refractivity contribution in [2.45, 2.75) is 59.8 Å². The van der Waals surface area contributed by atoms with E-state index < -0.39 is 0 Å². The van der Waals surface area contributed by atoms with Crippen molar-refractivity contribution in [2.75, 3.05) is 0 Å². The second-order valence-corrected chi connectivity index (χ2v) is 5.00. The lowest BCUT2D eigenvalue weighted by Crippen LogP contribution is -1.87. The molecule has 0 atom stereocenters. The van der Waals surface area contributed by atoms with Gasteiger partial charge in [-0.05, 0) is 51.5 Å². The van der Waals surface area contributed by atoms with Gasteiger partial charge in [-0.3, -0.25) is 0 Å². The van der Waals surface area contributed by atoms with Crippen molar-refractivity contribution in [2.24, 2.45) is 5.92 Å². The van der Waals surface area contributed by atoms with Crippen LogP contribution in [0.3, 0.4) is 0 Å². The summed E-state index contributed by atoms with van der Waals surface area (Å²) in [5.74, 6) is 0.833. The van der Waals surface area contributed by atoms with Crippen molar-refractivity contribution in [3.8, 4) is 0 Å². The molecule has 1 radical (unpaired) electrons. The second kappa shape index (κ2) is 9.45. The molecule has 0 aromatic rings. The Labute approximate surface area is 102 Å². The van der Waals surface area contributed by atoms with E-state index in [0.717, 1.165) is 18.8 Å². The van der Waals surface area contributed by atoms with Gasteiger partial charge in [0.05, 0.1) is 0 Å². The van der Waals surface area contributed by atoms with Gasteiger partial charge in [0, 0.05) is 0 Å². The van der Waals surface area contributed by atoms with Crippen LogP contribution in [0, 0.1) is 12.0 Å². The molecule has 0 N–H and O–H groups in total. The Kier molecular flexibility index (Phi) is 8.99. The Bertz CT molecular complexity index is 241. The van der Waals surface area contributed by atoms with Crippen LogP contribution in [-0.4, -0.2) is 0 Å². The highest BCUT2D eigenvalue weighted by molar-refractivity contribution is 5.04. The number of rotatable bonds is 8. The molecule has 0 heteroatoms. The summed E-state index contributed by atoms with van der Waals surface area (Å²) in [5.41, 5.74) is 2.83. The molecule has 0 nitrogen and oxygen atoms in total. The summed E-state index contributed by atoms with van der Waals surface area (Å²) in [6.45, 7) is 12.6. The zero-order chi connectivity index (χ0) is 12.4. The Hall–Kier alpha value is -0.780. The minimum Gasteiger partial charge on any atom is -0.0985 e. The van der Waals surface area contributed by atoms with E-state index in [1.807, 2.05) is 0 Å². The molecule has 0 fully saturated rings. The van der Waals surface area contributed by atoms with Crippen LogP contribution in [0.4, 0.5) is 0 Å². The maximum absolute atomic E-state index is 3.65. The van der Waals surface area contributed by atoms with Gasteiger partial charge in [0.1, 0.15) is 0 Å². The molecule has 0 rings (SSSR count). The maximum Gasteiger partial charge on any atom is -0.0201 e. The monoisotopic (exact) mass is 219 g/mol. The summed E-state index contributed by atoms with van der Waals surface area (Å²) in [6.07, 6.45) is 13.4. The van der Waals surface area contributed by atoms with Crippen molar-refractivity contribution in [1.29, 1.82) is 0 Å². The molecule has 16 heavy (non-hydrogen) atoms. The summed E-state index contributed by atoms with van der Waals surface area (Å²) in [5, 5.41) is 0. The number of hydrogen-bond donors (Lipinski definition) is 0. The molecule has 0 aliphatic rings. The standard InChI is InChI=1S/C16H27/c1-6-9-15(4)12-8-13-16(5)11-7-10-14(2)3/h6,13-14H,1,7-8,10-12H2,2-5H3. The van der Waals surface area contributed by atoms with Gasteiger partial charge in [-0.25, -0.2) is 0 Å². The van der Waals surface area contributed by atoms with E-state index >= 15 is 0 Å². The Balaban J connectivity index is 3.70. The molecule has 0 amide bonds. The molecule has 0 heterocycles. The van der Waals surface area contributed by atoms with E-state index in [4.69, 9.17) is 0 Å². The molecule has 0 aliphatic carbocycles. The molecule has 0 aromatic heterocycles. The van der Waals surface area contributed by atoms with Gasteiger partial charge in [0.2, 0.25) is 0 Å². The minimum atomic E-state index is 0.833. The molecule has 0 saturated heterocycles. The van der Waals surface area contributed by atoms with Crippen LogP contribution in [-0.2, 0) is 0 Å². The zero-order valence-electron chi connectivity index (χ0n) is 11.5. The van der Waals surface area contributed by atoms with Crippen LogP contribution in [0.5, 0.6) is 0 Å². The van der Waals surface area contributed by atoms with E-state index in [-0.39, 0.29) is 0 Å². The van der Waals surface area contributed by atoms with Crippen molar-refractivity contribution >= 4 is 0 Å². The molecule has 0 saturated carbocycles. The van der Waals surface area contributed by atoms with Crippen LogP contribution in [0.2, 0.25) is 0 Å². The first-order valence-corrected chi connectivity index (χ1v) is 6.41. The van der Waals surface area contributed by atoms with Gasteiger partial charge in [0.25, 0.3) is 0 Å². The molecule has 0 spiro atoms. The third-order valence-corrected chi connectivity index (χ3v) is 2.71. The summed E-state index contributed by atoms with van der Waals surface area (Å²) in [4.78, 5) is 0. The van der Waals surface area contributed by atoms with Crippen molar-refractivity contribution in [1.82, 2.24) is 0 Å². The topological polar surface area (TPSA) is 0 Å². The fourth-order valence-electron chi connectivity index (χ4n) is 1.67. The first-order valence-electron chi connectivity index (χ1n) is 6.41. The lowest BCUT2D eigenvalue weighted by Gasteiger charge is -2.04. The highest BCUT2D eigenvalue weighted by Crippen LogP contribution is 2.13. The molecule has 0 bridgehead atoms. The first kappa shape index (κ1) is 15.2. The highest BCUT2D eigenvalue weighted by atomic mass is 14.0. The third-order valence-electron chi connectivity index (χ3n) is 2.71. The summed E-state index contributed by atoms with van der Waals surface area (Å²) < 4.78 is 0. The Morgan fingerprint density at radius 3 is 2.50 bits per heavy atom. The predicted molar refractivity (Wildman–Crippen MR) is 74.3 cm³/mol. The largest absolute Gasteiger partial charge is 0.0985 e. The lowest BCUT2D eigenvalue weighted by molar-refractivity contribution is 0.554. The zero-order valence-corrected chi connectivity index (χ0v) is 11.5. The predicted octanol–water partition coefficient (Wildman–Crippen LogP) is 5.47. The second-order valence-electron chi connectivity index (χ2n) is 5.00. The average molecular weight is 219 g/mol. The first-order chi connectivity index (χ1) is 7.56. The van der Waals surface area contributed by atoms with E-state index in [9.17, 15) is 0 Å². The summed E-state index contributed by atoms with van der Waals surface area (Å²) in [6, 6.07) is 0. The molecule has 91 valence electrons. The quantitative estimate of drug-likeness (QED) is 0.375. The molecule has 0 unspecified atom stereocenters. The van der Waals surface area contributed by atoms with Gasteiger partial charge in [0.15, 0.2) is 0 Å². The number of hydrogen-bond acceptors (Lipinski definition) is 0. The van der Waals surface area contributed by atoms with Crippen LogP contribution in [0.15, 0.2) is 29.9 Å². The third kappa shape index (κ3) is 9.76. The van der Waals surface area contributed by atoms with Crippen LogP contribution in [0.1, 0.15) is 59.8 Å². The van der Waals surface area contributed by atoms with E-state index in [1.54, 1.807) is 6.08 Å². The molecule has 0 aliphatic heterocycles. The fraction of sp³-hybridized carbons (Fsp3) is 0.625. The van der Waals surface area contributed by atoms with Gasteiger partial charge >= 0.3 is 0 Å². The lowest BCUT2D eigenvalue weighted by atomic mass is 10.0. The molecular formula is C16H27. The van der Waals surface area contributed by atoms with Gasteiger partial charge in [-0.15, -0.1) is 0 Å². The molecule has 0 aromatic carbocycles. The maximum atomic E-state index is 3.65. The van der Waals surface area contributed by atoms with Crippen molar-refractivity contribution in [3.05, 3.63) is 36.0 Å². The van der Waals surface area contributed by atoms with Crippen molar-refractivity contribution in [3.63, 3.8) is 0 Å². The van der Waals surface area contributed by atoms with Gasteiger partial charge < -0.3 is 0 Å². The SMILES string of the molecule is C=C/[C]=C(\C)CCC=C(C)CCCC(C)C. The highest BCUT2D eigenvalue weighted by Gasteiger charge is 1.95. The van der Waals surface area contributed by atoms with Crippen LogP contribution >= 0.6 is 0 Å². The Morgan fingerprint density at radius 1 is 1.25 bits per heavy atom. The van der Waals surface area contributed by atoms with Crippen molar-refractivity contribution < 1.29 is 0 Å². The van der Waals surface area contributed by atoms with E-state index in [0.29, 0.717) is 0 Å². The van der Waals surface area contributed by atoms with E-state index in [1.165, 1.54) is 30.4 Å². The average Bonchev–Trinajstić information content (AvgIpc) is 2.17. The Morgan fingerprint density at radius 2 is 1.94 bits per heavy atom.